The summed E-state index contributed by atoms with van der Waals surface area (Å²) in [5, 5.41) is 5.01. The standard InChI is InChI=1S/C20H19FN4O4S/c1-23-19(26)17-5-3-2-4-16(17)18(22-23)20(27)24-10-12-25(13-11-24)30(28,29)15-8-6-14(21)7-9-15/h2-9H,10-13H2,1H3. The molecule has 0 atom stereocenters. The molecule has 0 bridgehead atoms. The van der Waals surface area contributed by atoms with Crippen molar-refractivity contribution in [1.29, 1.82) is 0 Å². The Morgan fingerprint density at radius 1 is 0.967 bits per heavy atom. The van der Waals surface area contributed by atoms with E-state index in [1.165, 1.54) is 28.4 Å². The Morgan fingerprint density at radius 2 is 1.57 bits per heavy atom. The van der Waals surface area contributed by atoms with Crippen LogP contribution in [0.1, 0.15) is 10.5 Å². The molecule has 156 valence electrons. The number of aromatic nitrogens is 2. The first-order valence-corrected chi connectivity index (χ1v) is 10.7. The molecule has 0 saturated carbocycles. The molecule has 2 aromatic carbocycles. The van der Waals surface area contributed by atoms with Gasteiger partial charge in [-0.3, -0.25) is 9.59 Å². The third kappa shape index (κ3) is 3.48. The number of carbonyl (C=O) groups is 1. The number of aryl methyl sites for hydroxylation is 1. The van der Waals surface area contributed by atoms with E-state index < -0.39 is 15.8 Å². The normalized spacial score (nSPS) is 15.5. The van der Waals surface area contributed by atoms with E-state index in [-0.39, 0.29) is 48.2 Å². The van der Waals surface area contributed by atoms with Crippen molar-refractivity contribution in [1.82, 2.24) is 19.0 Å². The van der Waals surface area contributed by atoms with Gasteiger partial charge in [-0.05, 0) is 30.3 Å². The first-order chi connectivity index (χ1) is 14.3. The zero-order valence-electron chi connectivity index (χ0n) is 16.2. The van der Waals surface area contributed by atoms with Crippen LogP contribution in [0.2, 0.25) is 0 Å². The number of benzene rings is 2. The van der Waals surface area contributed by atoms with E-state index >= 15 is 0 Å². The SMILES string of the molecule is Cn1nc(C(=O)N2CCN(S(=O)(=O)c3ccc(F)cc3)CC2)c2ccccc2c1=O. The first kappa shape index (κ1) is 20.2. The topological polar surface area (TPSA) is 92.6 Å². The second-order valence-electron chi connectivity index (χ2n) is 6.97. The van der Waals surface area contributed by atoms with Gasteiger partial charge in [0.05, 0.1) is 10.3 Å². The van der Waals surface area contributed by atoms with Gasteiger partial charge in [-0.15, -0.1) is 0 Å². The summed E-state index contributed by atoms with van der Waals surface area (Å²) >= 11 is 0. The van der Waals surface area contributed by atoms with E-state index in [0.29, 0.717) is 10.8 Å². The Kier molecular flexibility index (Phi) is 5.12. The molecule has 1 fully saturated rings. The first-order valence-electron chi connectivity index (χ1n) is 9.30. The van der Waals surface area contributed by atoms with E-state index in [9.17, 15) is 22.4 Å². The van der Waals surface area contributed by atoms with Gasteiger partial charge in [0, 0.05) is 38.6 Å². The van der Waals surface area contributed by atoms with Crippen molar-refractivity contribution in [2.75, 3.05) is 26.2 Å². The molecule has 1 aliphatic rings. The molecule has 1 saturated heterocycles. The van der Waals surface area contributed by atoms with Crippen molar-refractivity contribution < 1.29 is 17.6 Å². The maximum Gasteiger partial charge on any atom is 0.275 e. The number of piperazine rings is 1. The largest absolute Gasteiger partial charge is 0.335 e. The highest BCUT2D eigenvalue weighted by Crippen LogP contribution is 2.20. The van der Waals surface area contributed by atoms with Crippen molar-refractivity contribution in [3.63, 3.8) is 0 Å². The fourth-order valence-electron chi connectivity index (χ4n) is 3.49. The Labute approximate surface area is 172 Å². The number of fused-ring (bicyclic) bond motifs is 1. The summed E-state index contributed by atoms with van der Waals surface area (Å²) in [6.45, 7) is 0.570. The Bertz CT molecular complexity index is 1280. The summed E-state index contributed by atoms with van der Waals surface area (Å²) in [6.07, 6.45) is 0. The van der Waals surface area contributed by atoms with Crippen LogP contribution in [0, 0.1) is 5.82 Å². The highest BCUT2D eigenvalue weighted by atomic mass is 32.2. The predicted octanol–water partition coefficient (Wildman–Crippen LogP) is 1.22. The van der Waals surface area contributed by atoms with Crippen LogP contribution in [0.5, 0.6) is 0 Å². The molecule has 4 rings (SSSR count). The maximum atomic E-state index is 13.1. The van der Waals surface area contributed by atoms with E-state index in [2.05, 4.69) is 5.10 Å². The molecule has 1 aliphatic heterocycles. The summed E-state index contributed by atoms with van der Waals surface area (Å²) in [6, 6.07) is 11.4. The number of halogens is 1. The molecule has 1 amide bonds. The number of hydrogen-bond acceptors (Lipinski definition) is 5. The van der Waals surface area contributed by atoms with Crippen molar-refractivity contribution >= 4 is 26.7 Å². The predicted molar refractivity (Wildman–Crippen MR) is 108 cm³/mol. The van der Waals surface area contributed by atoms with Crippen molar-refractivity contribution in [2.24, 2.45) is 7.05 Å². The second kappa shape index (κ2) is 7.62. The van der Waals surface area contributed by atoms with Gasteiger partial charge in [-0.2, -0.15) is 9.40 Å². The van der Waals surface area contributed by atoms with Crippen LogP contribution >= 0.6 is 0 Å². The number of sulfonamides is 1. The summed E-state index contributed by atoms with van der Waals surface area (Å²) < 4.78 is 41.0. The van der Waals surface area contributed by atoms with Gasteiger partial charge in [0.1, 0.15) is 5.82 Å². The highest BCUT2D eigenvalue weighted by molar-refractivity contribution is 7.89. The lowest BCUT2D eigenvalue weighted by atomic mass is 10.1. The molecule has 0 radical (unpaired) electrons. The van der Waals surface area contributed by atoms with Gasteiger partial charge in [-0.1, -0.05) is 18.2 Å². The van der Waals surface area contributed by atoms with E-state index in [0.717, 1.165) is 16.8 Å². The van der Waals surface area contributed by atoms with Gasteiger partial charge in [-0.25, -0.2) is 17.5 Å². The summed E-state index contributed by atoms with van der Waals surface area (Å²) in [4.78, 5) is 26.9. The minimum Gasteiger partial charge on any atom is -0.335 e. The Hall–Kier alpha value is -3.11. The van der Waals surface area contributed by atoms with Gasteiger partial charge in [0.15, 0.2) is 5.69 Å². The third-order valence-electron chi connectivity index (χ3n) is 5.14. The molecule has 10 heteroatoms. The van der Waals surface area contributed by atoms with Gasteiger partial charge < -0.3 is 4.90 Å². The number of rotatable bonds is 3. The van der Waals surface area contributed by atoms with Crippen LogP contribution in [-0.2, 0) is 17.1 Å². The van der Waals surface area contributed by atoms with Crippen molar-refractivity contribution in [3.05, 3.63) is 70.4 Å². The third-order valence-corrected chi connectivity index (χ3v) is 7.05. The molecule has 8 nitrogen and oxygen atoms in total. The van der Waals surface area contributed by atoms with Crippen molar-refractivity contribution in [3.8, 4) is 0 Å². The van der Waals surface area contributed by atoms with E-state index in [4.69, 9.17) is 0 Å². The molecule has 3 aromatic rings. The fraction of sp³-hybridized carbons (Fsp3) is 0.250. The average Bonchev–Trinajstić information content (AvgIpc) is 2.76. The number of amides is 1. The van der Waals surface area contributed by atoms with Gasteiger partial charge >= 0.3 is 0 Å². The molecular formula is C20H19FN4O4S. The minimum atomic E-state index is -3.77. The average molecular weight is 430 g/mol. The van der Waals surface area contributed by atoms with Crippen LogP contribution < -0.4 is 5.56 Å². The number of carbonyl (C=O) groups excluding carboxylic acids is 1. The lowest BCUT2D eigenvalue weighted by molar-refractivity contribution is 0.0691. The lowest BCUT2D eigenvalue weighted by Crippen LogP contribution is -2.50. The summed E-state index contributed by atoms with van der Waals surface area (Å²) in [5.74, 6) is -0.873. The molecule has 30 heavy (non-hydrogen) atoms. The van der Waals surface area contributed by atoms with E-state index in [1.807, 2.05) is 0 Å². The van der Waals surface area contributed by atoms with Crippen LogP contribution in [0.15, 0.2) is 58.2 Å². The van der Waals surface area contributed by atoms with Crippen LogP contribution in [0.4, 0.5) is 4.39 Å². The minimum absolute atomic E-state index is 0.00870. The quantitative estimate of drug-likeness (QED) is 0.623. The van der Waals surface area contributed by atoms with Crippen molar-refractivity contribution in [2.45, 2.75) is 4.90 Å². The van der Waals surface area contributed by atoms with E-state index in [1.54, 1.807) is 24.3 Å². The zero-order chi connectivity index (χ0) is 21.5. The van der Waals surface area contributed by atoms with Gasteiger partial charge in [0.2, 0.25) is 10.0 Å². The number of hydrogen-bond donors (Lipinski definition) is 0. The monoisotopic (exact) mass is 430 g/mol. The van der Waals surface area contributed by atoms with Gasteiger partial charge in [0.25, 0.3) is 11.5 Å². The molecule has 0 aliphatic carbocycles. The molecular weight excluding hydrogens is 411 g/mol. The van der Waals surface area contributed by atoms with Crippen LogP contribution in [0.3, 0.4) is 0 Å². The molecule has 0 unspecified atom stereocenters. The van der Waals surface area contributed by atoms with Crippen LogP contribution in [-0.4, -0.2) is 59.5 Å². The Balaban J connectivity index is 1.56. The molecule has 0 N–H and O–H groups in total. The fourth-order valence-corrected chi connectivity index (χ4v) is 4.92. The lowest BCUT2D eigenvalue weighted by Gasteiger charge is -2.34. The molecule has 1 aromatic heterocycles. The highest BCUT2D eigenvalue weighted by Gasteiger charge is 2.31. The maximum absolute atomic E-state index is 13.1. The second-order valence-corrected chi connectivity index (χ2v) is 8.91. The zero-order valence-corrected chi connectivity index (χ0v) is 17.0. The smallest absolute Gasteiger partial charge is 0.275 e. The molecule has 0 spiro atoms. The molecule has 2 heterocycles. The Morgan fingerprint density at radius 3 is 2.20 bits per heavy atom. The number of nitrogens with zero attached hydrogens (tertiary/aromatic N) is 4. The summed E-state index contributed by atoms with van der Waals surface area (Å²) in [7, 11) is -2.29. The summed E-state index contributed by atoms with van der Waals surface area (Å²) in [5.41, 5.74) is -0.139. The van der Waals surface area contributed by atoms with Crippen LogP contribution in [0.25, 0.3) is 10.8 Å².